The summed E-state index contributed by atoms with van der Waals surface area (Å²) in [5.41, 5.74) is -0.606. The van der Waals surface area contributed by atoms with Crippen LogP contribution in [0, 0.1) is 0 Å². The smallest absolute Gasteiger partial charge is 0.315 e. The molecule has 0 atom stereocenters. The van der Waals surface area contributed by atoms with E-state index in [1.807, 2.05) is 13.8 Å². The fourth-order valence-electron chi connectivity index (χ4n) is 1.85. The molecule has 3 N–H and O–H groups in total. The molecular weight excluding hydrogens is 274 g/mol. The first-order valence-electron chi connectivity index (χ1n) is 7.27. The van der Waals surface area contributed by atoms with E-state index >= 15 is 0 Å². The summed E-state index contributed by atoms with van der Waals surface area (Å²) >= 11 is 0. The molecule has 0 aromatic carbocycles. The van der Waals surface area contributed by atoms with Crippen molar-refractivity contribution >= 4 is 17.9 Å². The fraction of sp³-hybridized carbons (Fsp3) is 0.786. The van der Waals surface area contributed by atoms with Crippen LogP contribution >= 0.6 is 0 Å². The maximum absolute atomic E-state index is 11.7. The van der Waals surface area contributed by atoms with E-state index in [2.05, 4.69) is 10.6 Å². The third kappa shape index (κ3) is 8.88. The Morgan fingerprint density at radius 3 is 2.14 bits per heavy atom. The SMILES string of the molecule is CCN(CC)C(=O)CCNC(=O)NC(C)(C)CCC(=O)O. The third-order valence-corrected chi connectivity index (χ3v) is 3.16. The van der Waals surface area contributed by atoms with Crippen LogP contribution < -0.4 is 10.6 Å². The average Bonchev–Trinajstić information content (AvgIpc) is 2.37. The van der Waals surface area contributed by atoms with Crippen LogP contribution in [-0.4, -0.2) is 53.1 Å². The Morgan fingerprint density at radius 2 is 1.67 bits per heavy atom. The highest BCUT2D eigenvalue weighted by Gasteiger charge is 2.21. The largest absolute Gasteiger partial charge is 0.481 e. The number of carbonyl (C=O) groups excluding carboxylic acids is 2. The molecule has 0 radical (unpaired) electrons. The Balaban J connectivity index is 4.04. The number of nitrogens with zero attached hydrogens (tertiary/aromatic N) is 1. The zero-order valence-corrected chi connectivity index (χ0v) is 13.4. The van der Waals surface area contributed by atoms with Gasteiger partial charge >= 0.3 is 12.0 Å². The summed E-state index contributed by atoms with van der Waals surface area (Å²) in [5, 5.41) is 14.0. The molecule has 0 spiro atoms. The van der Waals surface area contributed by atoms with Gasteiger partial charge in [0.2, 0.25) is 5.91 Å². The number of hydrogen-bond donors (Lipinski definition) is 3. The van der Waals surface area contributed by atoms with Crippen molar-refractivity contribution in [2.75, 3.05) is 19.6 Å². The molecule has 7 heteroatoms. The van der Waals surface area contributed by atoms with Gasteiger partial charge in [-0.3, -0.25) is 9.59 Å². The minimum absolute atomic E-state index is 0.00503. The van der Waals surface area contributed by atoms with Gasteiger partial charge in [-0.1, -0.05) is 0 Å². The molecular formula is C14H27N3O4. The molecule has 0 aliphatic carbocycles. The zero-order valence-electron chi connectivity index (χ0n) is 13.4. The maximum atomic E-state index is 11.7. The molecule has 0 saturated carbocycles. The molecule has 122 valence electrons. The molecule has 0 aromatic heterocycles. The number of rotatable bonds is 9. The lowest BCUT2D eigenvalue weighted by atomic mass is 9.99. The summed E-state index contributed by atoms with van der Waals surface area (Å²) in [5.74, 6) is -0.888. The predicted molar refractivity (Wildman–Crippen MR) is 80.0 cm³/mol. The minimum atomic E-state index is -0.893. The number of nitrogens with one attached hydrogen (secondary N) is 2. The van der Waals surface area contributed by atoms with Crippen molar-refractivity contribution in [1.82, 2.24) is 15.5 Å². The Morgan fingerprint density at radius 1 is 1.10 bits per heavy atom. The van der Waals surface area contributed by atoms with Crippen LogP contribution in [-0.2, 0) is 9.59 Å². The van der Waals surface area contributed by atoms with Crippen LogP contribution in [0.5, 0.6) is 0 Å². The highest BCUT2D eigenvalue weighted by molar-refractivity contribution is 5.78. The molecule has 0 aliphatic heterocycles. The van der Waals surface area contributed by atoms with Crippen LogP contribution in [0.4, 0.5) is 4.79 Å². The number of carbonyl (C=O) groups is 3. The first-order chi connectivity index (χ1) is 9.71. The number of carboxylic acids is 1. The van der Waals surface area contributed by atoms with Crippen LogP contribution in [0.25, 0.3) is 0 Å². The maximum Gasteiger partial charge on any atom is 0.315 e. The summed E-state index contributed by atoms with van der Waals surface area (Å²) in [4.78, 5) is 35.7. The van der Waals surface area contributed by atoms with Gasteiger partial charge in [0.1, 0.15) is 0 Å². The van der Waals surface area contributed by atoms with Gasteiger partial charge in [0.05, 0.1) is 0 Å². The summed E-state index contributed by atoms with van der Waals surface area (Å²) in [7, 11) is 0. The van der Waals surface area contributed by atoms with E-state index < -0.39 is 17.5 Å². The van der Waals surface area contributed by atoms with E-state index in [4.69, 9.17) is 5.11 Å². The normalized spacial score (nSPS) is 10.9. The second-order valence-electron chi connectivity index (χ2n) is 5.47. The van der Waals surface area contributed by atoms with E-state index in [1.165, 1.54) is 0 Å². The lowest BCUT2D eigenvalue weighted by Gasteiger charge is -2.26. The van der Waals surface area contributed by atoms with Gasteiger partial charge in [-0.25, -0.2) is 4.79 Å². The highest BCUT2D eigenvalue weighted by Crippen LogP contribution is 2.10. The van der Waals surface area contributed by atoms with Crippen LogP contribution in [0.15, 0.2) is 0 Å². The van der Waals surface area contributed by atoms with Crippen molar-refractivity contribution in [1.29, 1.82) is 0 Å². The van der Waals surface area contributed by atoms with E-state index in [0.29, 0.717) is 19.5 Å². The highest BCUT2D eigenvalue weighted by atomic mass is 16.4. The number of aliphatic carboxylic acids is 1. The summed E-state index contributed by atoms with van der Waals surface area (Å²) in [6.45, 7) is 8.91. The third-order valence-electron chi connectivity index (χ3n) is 3.16. The molecule has 0 saturated heterocycles. The van der Waals surface area contributed by atoms with Crippen molar-refractivity contribution < 1.29 is 19.5 Å². The number of carboxylic acid groups (broad SMARTS) is 1. The molecule has 3 amide bonds. The monoisotopic (exact) mass is 301 g/mol. The molecule has 0 bridgehead atoms. The molecule has 7 nitrogen and oxygen atoms in total. The van der Waals surface area contributed by atoms with Crippen molar-refractivity contribution in [3.63, 3.8) is 0 Å². The standard InChI is InChI=1S/C14H27N3O4/c1-5-17(6-2)11(18)8-10-15-13(21)16-14(3,4)9-7-12(19)20/h5-10H2,1-4H3,(H,19,20)(H2,15,16,21). The van der Waals surface area contributed by atoms with Gasteiger partial charge in [0, 0.05) is 38.0 Å². The van der Waals surface area contributed by atoms with Gasteiger partial charge in [0.15, 0.2) is 0 Å². The molecule has 0 aliphatic rings. The van der Waals surface area contributed by atoms with Gasteiger partial charge in [-0.05, 0) is 34.1 Å². The summed E-state index contributed by atoms with van der Waals surface area (Å²) < 4.78 is 0. The number of amides is 3. The quantitative estimate of drug-likeness (QED) is 0.595. The first kappa shape index (κ1) is 19.2. The summed E-state index contributed by atoms with van der Waals surface area (Å²) in [6.07, 6.45) is 0.590. The molecule has 21 heavy (non-hydrogen) atoms. The van der Waals surface area contributed by atoms with Crippen LogP contribution in [0.1, 0.15) is 47.0 Å². The average molecular weight is 301 g/mol. The molecule has 0 heterocycles. The van der Waals surface area contributed by atoms with Crippen molar-refractivity contribution in [3.8, 4) is 0 Å². The topological polar surface area (TPSA) is 98.7 Å². The second kappa shape index (κ2) is 9.20. The van der Waals surface area contributed by atoms with Crippen LogP contribution in [0.2, 0.25) is 0 Å². The Hall–Kier alpha value is -1.79. The Bertz CT molecular complexity index is 365. The minimum Gasteiger partial charge on any atom is -0.481 e. The molecule has 0 aromatic rings. The van der Waals surface area contributed by atoms with Gasteiger partial charge < -0.3 is 20.6 Å². The van der Waals surface area contributed by atoms with Gasteiger partial charge in [0.25, 0.3) is 0 Å². The number of hydrogen-bond acceptors (Lipinski definition) is 3. The first-order valence-corrected chi connectivity index (χ1v) is 7.27. The molecule has 0 unspecified atom stereocenters. The fourth-order valence-corrected chi connectivity index (χ4v) is 1.85. The van der Waals surface area contributed by atoms with Crippen molar-refractivity contribution in [2.45, 2.75) is 52.5 Å². The molecule has 0 fully saturated rings. The van der Waals surface area contributed by atoms with E-state index in [0.717, 1.165) is 0 Å². The number of urea groups is 1. The zero-order chi connectivity index (χ0) is 16.5. The predicted octanol–water partition coefficient (Wildman–Crippen LogP) is 1.19. The van der Waals surface area contributed by atoms with Crippen molar-refractivity contribution in [2.24, 2.45) is 0 Å². The van der Waals surface area contributed by atoms with Crippen LogP contribution in [0.3, 0.4) is 0 Å². The van der Waals surface area contributed by atoms with E-state index in [1.54, 1.807) is 18.7 Å². The van der Waals surface area contributed by atoms with E-state index in [9.17, 15) is 14.4 Å². The lowest BCUT2D eigenvalue weighted by molar-refractivity contribution is -0.137. The van der Waals surface area contributed by atoms with Gasteiger partial charge in [-0.2, -0.15) is 0 Å². The van der Waals surface area contributed by atoms with Gasteiger partial charge in [-0.15, -0.1) is 0 Å². The van der Waals surface area contributed by atoms with E-state index in [-0.39, 0.29) is 25.3 Å². The Labute approximate surface area is 126 Å². The molecule has 0 rings (SSSR count). The lowest BCUT2D eigenvalue weighted by Crippen LogP contribution is -2.49. The van der Waals surface area contributed by atoms with Crippen molar-refractivity contribution in [3.05, 3.63) is 0 Å². The Kier molecular flexibility index (Phi) is 8.42. The summed E-state index contributed by atoms with van der Waals surface area (Å²) in [6, 6.07) is -0.391. The second-order valence-corrected chi connectivity index (χ2v) is 5.47.